The second kappa shape index (κ2) is 14.9. The maximum absolute atomic E-state index is 10.9. The van der Waals surface area contributed by atoms with Crippen LogP contribution < -0.4 is 20.0 Å². The van der Waals surface area contributed by atoms with Gasteiger partial charge >= 0.3 is 5.82 Å². The number of ether oxygens (including phenoxy) is 1. The minimum atomic E-state index is 0.442. The van der Waals surface area contributed by atoms with E-state index in [4.69, 9.17) is 16.3 Å². The highest BCUT2D eigenvalue weighted by atomic mass is 32.1. The van der Waals surface area contributed by atoms with Crippen molar-refractivity contribution >= 4 is 65.3 Å². The molecule has 8 rings (SSSR count). The van der Waals surface area contributed by atoms with Crippen molar-refractivity contribution in [3.63, 3.8) is 0 Å². The molecule has 2 N–H and O–H groups in total. The first-order chi connectivity index (χ1) is 26.1. The summed E-state index contributed by atoms with van der Waals surface area (Å²) in [7, 11) is 0. The van der Waals surface area contributed by atoms with Gasteiger partial charge in [0.1, 0.15) is 39.0 Å². The molecule has 0 radical (unpaired) electrons. The summed E-state index contributed by atoms with van der Waals surface area (Å²) < 4.78 is 10.4. The predicted molar refractivity (Wildman–Crippen MR) is 217 cm³/mol. The molecule has 0 aliphatic rings. The van der Waals surface area contributed by atoms with E-state index in [2.05, 4.69) is 65.1 Å². The van der Waals surface area contributed by atoms with E-state index in [0.29, 0.717) is 39.6 Å². The molecule has 0 saturated heterocycles. The van der Waals surface area contributed by atoms with Crippen LogP contribution in [-0.2, 0) is 0 Å². The molecular formula is C44H37N6OS2+. The van der Waals surface area contributed by atoms with Crippen molar-refractivity contribution in [1.82, 2.24) is 15.0 Å². The molecule has 260 valence electrons. The van der Waals surface area contributed by atoms with E-state index >= 15 is 0 Å². The zero-order valence-corrected chi connectivity index (χ0v) is 31.2. The Morgan fingerprint density at radius 2 is 1.55 bits per heavy atom. The molecule has 1 unspecified atom stereocenters. The number of fused-ring (bicyclic) bond motifs is 3. The van der Waals surface area contributed by atoms with E-state index in [9.17, 15) is 5.26 Å². The van der Waals surface area contributed by atoms with Gasteiger partial charge in [0.15, 0.2) is 0 Å². The third-order valence-electron chi connectivity index (χ3n) is 9.82. The molecule has 7 nitrogen and oxygen atoms in total. The summed E-state index contributed by atoms with van der Waals surface area (Å²) in [6.07, 6.45) is 4.64. The fourth-order valence-corrected chi connectivity index (χ4v) is 8.82. The van der Waals surface area contributed by atoms with Crippen LogP contribution in [0.4, 0.5) is 0 Å². The summed E-state index contributed by atoms with van der Waals surface area (Å²) in [6.45, 7) is 13.7. The number of benzene rings is 4. The molecule has 0 aliphatic carbocycles. The van der Waals surface area contributed by atoms with Gasteiger partial charge < -0.3 is 14.7 Å². The highest BCUT2D eigenvalue weighted by molar-refractivity contribution is 7.19. The SMILES string of the molecule is [C-]#[N+]/C(=c1/[nH]c(-c2ccc(OCC(CC)CCCC)cc2)c2/c(=C(\C#N)c3nc4ccccc4s3)[nH]c(-c3ccccc3)c12)[n+]1csc2ccccc21. The van der Waals surface area contributed by atoms with Crippen molar-refractivity contribution in [2.75, 3.05) is 6.61 Å². The molecule has 0 bridgehead atoms. The Morgan fingerprint density at radius 3 is 2.26 bits per heavy atom. The largest absolute Gasteiger partial charge is 0.493 e. The van der Waals surface area contributed by atoms with E-state index in [0.717, 1.165) is 72.3 Å². The first kappa shape index (κ1) is 34.1. The highest BCUT2D eigenvalue weighted by Crippen LogP contribution is 2.33. The first-order valence-electron chi connectivity index (χ1n) is 17.9. The normalized spacial score (nSPS) is 13.2. The number of aromatic amines is 2. The summed E-state index contributed by atoms with van der Waals surface area (Å²) in [5.41, 5.74) is 7.72. The second-order valence-corrected chi connectivity index (χ2v) is 15.0. The minimum Gasteiger partial charge on any atom is -0.493 e. The van der Waals surface area contributed by atoms with E-state index in [-0.39, 0.29) is 0 Å². The maximum atomic E-state index is 10.9. The van der Waals surface area contributed by atoms with Gasteiger partial charge in [-0.05, 0) is 65.9 Å². The van der Waals surface area contributed by atoms with Crippen molar-refractivity contribution in [3.05, 3.63) is 136 Å². The van der Waals surface area contributed by atoms with Gasteiger partial charge in [0, 0.05) is 16.8 Å². The van der Waals surface area contributed by atoms with Crippen molar-refractivity contribution in [3.8, 4) is 34.3 Å². The van der Waals surface area contributed by atoms with Gasteiger partial charge in [-0.2, -0.15) is 14.7 Å². The van der Waals surface area contributed by atoms with Crippen LogP contribution in [0, 0.1) is 23.8 Å². The van der Waals surface area contributed by atoms with Crippen LogP contribution in [0.2, 0.25) is 0 Å². The Bertz CT molecular complexity index is 2760. The van der Waals surface area contributed by atoms with Gasteiger partial charge in [-0.3, -0.25) is 0 Å². The Morgan fingerprint density at radius 1 is 0.868 bits per heavy atom. The van der Waals surface area contributed by atoms with Crippen LogP contribution in [0.5, 0.6) is 5.75 Å². The fourth-order valence-electron chi connectivity index (χ4n) is 6.98. The van der Waals surface area contributed by atoms with Gasteiger partial charge in [-0.25, -0.2) is 4.98 Å². The molecule has 0 fully saturated rings. The third-order valence-corrected chi connectivity index (χ3v) is 11.8. The van der Waals surface area contributed by atoms with Crippen LogP contribution in [-0.4, -0.2) is 21.6 Å². The molecule has 0 aliphatic heterocycles. The Hall–Kier alpha value is -6.00. The summed E-state index contributed by atoms with van der Waals surface area (Å²) in [5.74, 6) is 1.78. The minimum absolute atomic E-state index is 0.442. The Labute approximate surface area is 315 Å². The average molecular weight is 730 g/mol. The van der Waals surface area contributed by atoms with Crippen LogP contribution in [0.3, 0.4) is 0 Å². The molecule has 8 aromatic rings. The topological polar surface area (TPSA) is 85.7 Å². The van der Waals surface area contributed by atoms with Crippen molar-refractivity contribution in [2.45, 2.75) is 39.5 Å². The standard InChI is InChI=1S/C44H37N6OS2/c1-4-6-14-28(5-2)26-51-31-23-21-30(22-24-31)40-37-38(42(49-40)43(46-3)50-27-52-36-20-13-11-18-34(36)50)39(29-15-8-7-9-16-29)48-41(37)32(25-45)44-47-33-17-10-12-19-35(33)53-44/h7-13,15-24,27-28,48-49H,4-6,14,26H2,1-2H3/q+1/b41-32-,43-42-. The maximum Gasteiger partial charge on any atom is 0.449 e. The quantitative estimate of drug-likeness (QED) is 0.103. The monoisotopic (exact) mass is 729 g/mol. The number of thiazole rings is 2. The van der Waals surface area contributed by atoms with Crippen molar-refractivity contribution in [1.29, 1.82) is 5.26 Å². The fraction of sp³-hybridized carbons (Fsp3) is 0.182. The van der Waals surface area contributed by atoms with Gasteiger partial charge in [0.25, 0.3) is 0 Å². The zero-order valence-electron chi connectivity index (χ0n) is 29.5. The number of rotatable bonds is 11. The van der Waals surface area contributed by atoms with Gasteiger partial charge in [0.2, 0.25) is 11.0 Å². The van der Waals surface area contributed by atoms with E-state index in [1.807, 2.05) is 82.9 Å². The van der Waals surface area contributed by atoms with Crippen LogP contribution in [0.25, 0.3) is 70.0 Å². The zero-order chi connectivity index (χ0) is 36.3. The smallest absolute Gasteiger partial charge is 0.449 e. The molecule has 53 heavy (non-hydrogen) atoms. The van der Waals surface area contributed by atoms with Gasteiger partial charge in [0.05, 0.1) is 33.6 Å². The Balaban J connectivity index is 1.42. The van der Waals surface area contributed by atoms with E-state index in [1.165, 1.54) is 24.2 Å². The number of hydrogen-bond acceptors (Lipinski definition) is 5. The summed E-state index contributed by atoms with van der Waals surface area (Å²) in [4.78, 5) is 16.5. The lowest BCUT2D eigenvalue weighted by Gasteiger charge is -2.15. The molecule has 0 amide bonds. The number of nitriles is 1. The molecule has 4 aromatic carbocycles. The molecule has 1 atom stereocenters. The Kier molecular flexibility index (Phi) is 9.60. The van der Waals surface area contributed by atoms with Crippen molar-refractivity contribution in [2.24, 2.45) is 5.92 Å². The average Bonchev–Trinajstić information content (AvgIpc) is 4.00. The lowest BCUT2D eigenvalue weighted by atomic mass is 10.0. The number of nitrogens with zero attached hydrogens (tertiary/aromatic N) is 4. The molecule has 9 heteroatoms. The molecule has 0 spiro atoms. The van der Waals surface area contributed by atoms with Gasteiger partial charge in [-0.15, -0.1) is 11.3 Å². The number of hydrogen-bond donors (Lipinski definition) is 2. The first-order valence-corrected chi connectivity index (χ1v) is 19.6. The van der Waals surface area contributed by atoms with Crippen LogP contribution in [0.15, 0.2) is 109 Å². The summed E-state index contributed by atoms with van der Waals surface area (Å²) in [5, 5.41) is 14.5. The van der Waals surface area contributed by atoms with E-state index in [1.54, 1.807) is 11.3 Å². The predicted octanol–water partition coefficient (Wildman–Crippen LogP) is 9.79. The lowest BCUT2D eigenvalue weighted by molar-refractivity contribution is -0.545. The number of H-pyrrole nitrogens is 2. The summed E-state index contributed by atoms with van der Waals surface area (Å²) in [6, 6.07) is 36.8. The lowest BCUT2D eigenvalue weighted by Crippen LogP contribution is -2.34. The number of nitrogens with one attached hydrogen (secondary N) is 2. The molecule has 4 heterocycles. The third kappa shape index (κ3) is 6.40. The van der Waals surface area contributed by atoms with Gasteiger partial charge in [-0.1, -0.05) is 99.0 Å². The van der Waals surface area contributed by atoms with Crippen LogP contribution >= 0.6 is 22.7 Å². The molecule has 4 aromatic heterocycles. The van der Waals surface area contributed by atoms with E-state index < -0.39 is 0 Å². The van der Waals surface area contributed by atoms with Crippen LogP contribution in [0.1, 0.15) is 44.5 Å². The second-order valence-electron chi connectivity index (χ2n) is 13.1. The molecule has 0 saturated carbocycles. The number of aromatic nitrogens is 4. The number of unbranched alkanes of at least 4 members (excludes halogenated alkanes) is 1. The highest BCUT2D eigenvalue weighted by Gasteiger charge is 2.27. The summed E-state index contributed by atoms with van der Waals surface area (Å²) >= 11 is 3.10. The number of para-hydroxylation sites is 2. The van der Waals surface area contributed by atoms with Crippen molar-refractivity contribution < 1.29 is 9.30 Å². The molecular weight excluding hydrogens is 693 g/mol.